The van der Waals surface area contributed by atoms with Gasteiger partial charge in [-0.05, 0) is 80.9 Å². The van der Waals surface area contributed by atoms with Crippen molar-refractivity contribution in [3.8, 4) is 5.75 Å². The monoisotopic (exact) mass is 460 g/mol. The van der Waals surface area contributed by atoms with Gasteiger partial charge >= 0.3 is 5.97 Å². The second kappa shape index (κ2) is 14.6. The van der Waals surface area contributed by atoms with Gasteiger partial charge in [-0.2, -0.15) is 0 Å². The first-order valence-electron chi connectivity index (χ1n) is 13.7. The molecule has 0 heterocycles. The highest BCUT2D eigenvalue weighted by Gasteiger charge is 2.27. The van der Waals surface area contributed by atoms with Crippen molar-refractivity contribution in [1.29, 1.82) is 0 Å². The summed E-state index contributed by atoms with van der Waals surface area (Å²) in [5, 5.41) is 0. The third kappa shape index (κ3) is 9.29. The van der Waals surface area contributed by atoms with Gasteiger partial charge in [0.1, 0.15) is 11.9 Å². The van der Waals surface area contributed by atoms with E-state index >= 15 is 0 Å². The summed E-state index contributed by atoms with van der Waals surface area (Å²) in [7, 11) is 0. The first-order valence-corrected chi connectivity index (χ1v) is 13.7. The lowest BCUT2D eigenvalue weighted by atomic mass is 9.84. The van der Waals surface area contributed by atoms with E-state index in [1.54, 1.807) is 0 Å². The fraction of sp³-hybridized carbons (Fsp3) is 0.759. The van der Waals surface area contributed by atoms with Gasteiger partial charge in [0.25, 0.3) is 0 Å². The fourth-order valence-corrected chi connectivity index (χ4v) is 5.36. The number of hydrogen-bond donors (Lipinski definition) is 0. The largest absolute Gasteiger partial charge is 0.493 e. The van der Waals surface area contributed by atoms with E-state index in [9.17, 15) is 9.18 Å². The Kier molecular flexibility index (Phi) is 11.5. The minimum atomic E-state index is -1.46. The summed E-state index contributed by atoms with van der Waals surface area (Å²) in [6.45, 7) is 2.89. The molecule has 0 aliphatic heterocycles. The maximum absolute atomic E-state index is 14.2. The Balaban J connectivity index is 1.27. The molecule has 3 rings (SSSR count). The van der Waals surface area contributed by atoms with Gasteiger partial charge in [0.15, 0.2) is 6.17 Å². The standard InChI is InChI=1S/C29H45FO3/c1-2-3-4-5-6-10-13-28(30)29(31)33-27-18-14-23(15-19-27)22-32-26-20-16-25(17-21-26)24-11-8-7-9-12-24/h16-17,20-21,23-24,27-28H,2-15,18-19,22H2,1H3/t23?,27?,28-/m1/s1. The first-order chi connectivity index (χ1) is 16.2. The minimum Gasteiger partial charge on any atom is -0.493 e. The lowest BCUT2D eigenvalue weighted by Gasteiger charge is -2.28. The number of carbonyl (C=O) groups is 1. The van der Waals surface area contributed by atoms with Crippen LogP contribution in [0.1, 0.15) is 121 Å². The summed E-state index contributed by atoms with van der Waals surface area (Å²) >= 11 is 0. The topological polar surface area (TPSA) is 35.5 Å². The van der Waals surface area contributed by atoms with Crippen LogP contribution in [0.3, 0.4) is 0 Å². The zero-order chi connectivity index (χ0) is 23.3. The molecular weight excluding hydrogens is 415 g/mol. The van der Waals surface area contributed by atoms with Crippen LogP contribution in [-0.4, -0.2) is 24.9 Å². The van der Waals surface area contributed by atoms with E-state index in [2.05, 4.69) is 31.2 Å². The van der Waals surface area contributed by atoms with Crippen molar-refractivity contribution < 1.29 is 18.7 Å². The summed E-state index contributed by atoms with van der Waals surface area (Å²) in [5.41, 5.74) is 1.45. The van der Waals surface area contributed by atoms with Gasteiger partial charge in [-0.3, -0.25) is 0 Å². The molecule has 1 aromatic rings. The maximum Gasteiger partial charge on any atom is 0.340 e. The number of alkyl halides is 1. The molecule has 2 fully saturated rings. The molecule has 33 heavy (non-hydrogen) atoms. The van der Waals surface area contributed by atoms with Gasteiger partial charge in [-0.15, -0.1) is 0 Å². The predicted molar refractivity (Wildman–Crippen MR) is 132 cm³/mol. The third-order valence-corrected chi connectivity index (χ3v) is 7.59. The molecule has 4 heteroatoms. The average molecular weight is 461 g/mol. The van der Waals surface area contributed by atoms with Crippen molar-refractivity contribution in [2.24, 2.45) is 5.92 Å². The molecule has 0 unspecified atom stereocenters. The van der Waals surface area contributed by atoms with E-state index in [0.717, 1.165) is 56.6 Å². The Morgan fingerprint density at radius 1 is 0.909 bits per heavy atom. The molecule has 0 saturated heterocycles. The van der Waals surface area contributed by atoms with Crippen LogP contribution >= 0.6 is 0 Å². The number of unbranched alkanes of at least 4 members (excludes halogenated alkanes) is 5. The predicted octanol–water partition coefficient (Wildman–Crippen LogP) is 8.30. The SMILES string of the molecule is CCCCCCCC[C@@H](F)C(=O)OC1CCC(COc2ccc(C3CCCCC3)cc2)CC1. The van der Waals surface area contributed by atoms with Crippen LogP contribution in [0, 0.1) is 5.92 Å². The van der Waals surface area contributed by atoms with E-state index in [4.69, 9.17) is 9.47 Å². The third-order valence-electron chi connectivity index (χ3n) is 7.59. The molecule has 1 aromatic carbocycles. The summed E-state index contributed by atoms with van der Waals surface area (Å²) < 4.78 is 25.7. The molecule has 2 aliphatic rings. The summed E-state index contributed by atoms with van der Waals surface area (Å²) in [4.78, 5) is 12.1. The molecule has 0 spiro atoms. The quantitative estimate of drug-likeness (QED) is 0.219. The summed E-state index contributed by atoms with van der Waals surface area (Å²) in [5.74, 6) is 1.49. The highest BCUT2D eigenvalue weighted by atomic mass is 19.1. The zero-order valence-electron chi connectivity index (χ0n) is 20.7. The number of rotatable bonds is 13. The van der Waals surface area contributed by atoms with Crippen LogP contribution in [0.15, 0.2) is 24.3 Å². The second-order valence-electron chi connectivity index (χ2n) is 10.3. The number of ether oxygens (including phenoxy) is 2. The van der Waals surface area contributed by atoms with Gasteiger partial charge in [0, 0.05) is 0 Å². The van der Waals surface area contributed by atoms with Crippen molar-refractivity contribution in [2.45, 2.75) is 128 Å². The van der Waals surface area contributed by atoms with Gasteiger partial charge in [-0.25, -0.2) is 9.18 Å². The summed E-state index contributed by atoms with van der Waals surface area (Å²) in [6.07, 6.45) is 15.5. The van der Waals surface area contributed by atoms with Crippen molar-refractivity contribution in [1.82, 2.24) is 0 Å². The van der Waals surface area contributed by atoms with Crippen LogP contribution in [-0.2, 0) is 9.53 Å². The van der Waals surface area contributed by atoms with Gasteiger partial charge in [0.05, 0.1) is 6.61 Å². The van der Waals surface area contributed by atoms with Crippen molar-refractivity contribution in [2.75, 3.05) is 6.61 Å². The highest BCUT2D eigenvalue weighted by molar-refractivity contribution is 5.74. The number of hydrogen-bond acceptors (Lipinski definition) is 3. The Labute approximate surface area is 200 Å². The van der Waals surface area contributed by atoms with Crippen LogP contribution < -0.4 is 4.74 Å². The molecule has 0 radical (unpaired) electrons. The van der Waals surface area contributed by atoms with Crippen molar-refractivity contribution >= 4 is 5.97 Å². The number of esters is 1. The maximum atomic E-state index is 14.2. The molecule has 0 bridgehead atoms. The molecule has 0 aromatic heterocycles. The minimum absolute atomic E-state index is 0.133. The molecule has 2 aliphatic carbocycles. The molecule has 0 amide bonds. The highest BCUT2D eigenvalue weighted by Crippen LogP contribution is 2.33. The Bertz CT molecular complexity index is 660. The summed E-state index contributed by atoms with van der Waals surface area (Å²) in [6, 6.07) is 8.70. The van der Waals surface area contributed by atoms with Crippen molar-refractivity contribution in [3.05, 3.63) is 29.8 Å². The van der Waals surface area contributed by atoms with E-state index < -0.39 is 12.1 Å². The molecular formula is C29H45FO3. The molecule has 186 valence electrons. The van der Waals surface area contributed by atoms with Gasteiger partial charge < -0.3 is 9.47 Å². The molecule has 1 atom stereocenters. The number of halogens is 1. The lowest BCUT2D eigenvalue weighted by Crippen LogP contribution is -2.30. The van der Waals surface area contributed by atoms with E-state index in [0.29, 0.717) is 18.9 Å². The molecule has 0 N–H and O–H groups in total. The van der Waals surface area contributed by atoms with Crippen LogP contribution in [0.5, 0.6) is 5.75 Å². The first kappa shape index (κ1) is 26.0. The Morgan fingerprint density at radius 3 is 2.27 bits per heavy atom. The molecule has 3 nitrogen and oxygen atoms in total. The van der Waals surface area contributed by atoms with Crippen LogP contribution in [0.4, 0.5) is 4.39 Å². The normalized spacial score (nSPS) is 22.6. The van der Waals surface area contributed by atoms with E-state index in [-0.39, 0.29) is 6.10 Å². The van der Waals surface area contributed by atoms with E-state index in [1.807, 2.05) is 0 Å². The zero-order valence-corrected chi connectivity index (χ0v) is 20.7. The number of carbonyl (C=O) groups excluding carboxylic acids is 1. The smallest absolute Gasteiger partial charge is 0.340 e. The lowest BCUT2D eigenvalue weighted by molar-refractivity contribution is -0.157. The Hall–Kier alpha value is -1.58. The number of benzene rings is 1. The van der Waals surface area contributed by atoms with Crippen LogP contribution in [0.2, 0.25) is 0 Å². The fourth-order valence-electron chi connectivity index (χ4n) is 5.36. The second-order valence-corrected chi connectivity index (χ2v) is 10.3. The molecule has 2 saturated carbocycles. The van der Waals surface area contributed by atoms with Gasteiger partial charge in [0.2, 0.25) is 0 Å². The van der Waals surface area contributed by atoms with Crippen LogP contribution in [0.25, 0.3) is 0 Å². The average Bonchev–Trinajstić information content (AvgIpc) is 2.86. The van der Waals surface area contributed by atoms with Gasteiger partial charge in [-0.1, -0.05) is 70.4 Å². The Morgan fingerprint density at radius 2 is 1.58 bits per heavy atom. The van der Waals surface area contributed by atoms with Crippen molar-refractivity contribution in [3.63, 3.8) is 0 Å². The van der Waals surface area contributed by atoms with E-state index in [1.165, 1.54) is 56.9 Å².